The van der Waals surface area contributed by atoms with Crippen LogP contribution in [-0.2, 0) is 12.7 Å². The summed E-state index contributed by atoms with van der Waals surface area (Å²) in [7, 11) is 0. The van der Waals surface area contributed by atoms with Gasteiger partial charge in [-0.2, -0.15) is 13.2 Å². The van der Waals surface area contributed by atoms with Gasteiger partial charge in [0.15, 0.2) is 11.5 Å². The third kappa shape index (κ3) is 2.25. The number of alkyl halides is 3. The van der Waals surface area contributed by atoms with Crippen LogP contribution in [0.25, 0.3) is 0 Å². The van der Waals surface area contributed by atoms with Crippen LogP contribution >= 0.6 is 0 Å². The van der Waals surface area contributed by atoms with Crippen LogP contribution in [0.3, 0.4) is 0 Å². The van der Waals surface area contributed by atoms with Crippen molar-refractivity contribution < 1.29 is 17.7 Å². The smallest absolute Gasteiger partial charge is 0.359 e. The fraction of sp³-hybridized carbons (Fsp3) is 0.625. The number of rotatable bonds is 3. The van der Waals surface area contributed by atoms with Crippen LogP contribution in [-0.4, -0.2) is 11.7 Å². The van der Waals surface area contributed by atoms with Crippen LogP contribution in [0.4, 0.5) is 13.2 Å². The molecule has 0 bridgehead atoms. The first-order valence-corrected chi connectivity index (χ1v) is 4.20. The van der Waals surface area contributed by atoms with E-state index >= 15 is 0 Å². The predicted octanol–water partition coefficient (Wildman–Crippen LogP) is 2.11. The first-order chi connectivity index (χ1) is 6.46. The molecule has 6 heteroatoms. The number of aromatic nitrogens is 1. The quantitative estimate of drug-likeness (QED) is 0.826. The lowest BCUT2D eigenvalue weighted by molar-refractivity contribution is -0.143. The van der Waals surface area contributed by atoms with Crippen molar-refractivity contribution in [2.24, 2.45) is 0 Å². The first-order valence-electron chi connectivity index (χ1n) is 4.20. The van der Waals surface area contributed by atoms with Gasteiger partial charge in [-0.05, 0) is 13.5 Å². The maximum atomic E-state index is 12.2. The van der Waals surface area contributed by atoms with Crippen molar-refractivity contribution in [3.8, 4) is 0 Å². The molecule has 0 radical (unpaired) electrons. The van der Waals surface area contributed by atoms with Crippen molar-refractivity contribution in [1.29, 1.82) is 0 Å². The lowest BCUT2D eigenvalue weighted by Crippen LogP contribution is -2.12. The van der Waals surface area contributed by atoms with Gasteiger partial charge in [0.1, 0.15) is 0 Å². The van der Waals surface area contributed by atoms with E-state index in [1.807, 2.05) is 6.92 Å². The van der Waals surface area contributed by atoms with Crippen molar-refractivity contribution in [3.63, 3.8) is 0 Å². The minimum absolute atomic E-state index is 0.0541. The summed E-state index contributed by atoms with van der Waals surface area (Å²) in [6, 6.07) is 0. The molecule has 0 atom stereocenters. The molecule has 0 saturated heterocycles. The highest BCUT2D eigenvalue weighted by Gasteiger charge is 2.37. The van der Waals surface area contributed by atoms with Crippen LogP contribution in [0.1, 0.15) is 23.9 Å². The zero-order valence-electron chi connectivity index (χ0n) is 7.90. The summed E-state index contributed by atoms with van der Waals surface area (Å²) in [6.45, 7) is 4.15. The Kier molecular flexibility index (Phi) is 3.15. The summed E-state index contributed by atoms with van der Waals surface area (Å²) in [6.07, 6.45) is -4.43. The van der Waals surface area contributed by atoms with Crippen molar-refractivity contribution >= 4 is 0 Å². The van der Waals surface area contributed by atoms with E-state index in [-0.39, 0.29) is 17.9 Å². The molecule has 0 aliphatic heterocycles. The molecule has 1 aromatic rings. The molecule has 1 heterocycles. The van der Waals surface area contributed by atoms with E-state index in [9.17, 15) is 13.2 Å². The van der Waals surface area contributed by atoms with Crippen LogP contribution in [0, 0.1) is 6.92 Å². The summed E-state index contributed by atoms with van der Waals surface area (Å²) >= 11 is 0. The number of nitrogens with zero attached hydrogens (tertiary/aromatic N) is 1. The molecular formula is C8H11F3N2O. The summed E-state index contributed by atoms with van der Waals surface area (Å²) in [5, 5.41) is 5.87. The molecule has 0 aliphatic rings. The maximum absolute atomic E-state index is 12.2. The van der Waals surface area contributed by atoms with E-state index in [4.69, 9.17) is 0 Å². The molecule has 0 aromatic carbocycles. The Morgan fingerprint density at radius 2 is 2.07 bits per heavy atom. The number of hydrogen-bond donors (Lipinski definition) is 1. The predicted molar refractivity (Wildman–Crippen MR) is 43.6 cm³/mol. The largest absolute Gasteiger partial charge is 0.437 e. The topological polar surface area (TPSA) is 38.1 Å². The number of nitrogens with one attached hydrogen (secondary N) is 1. The average molecular weight is 208 g/mol. The fourth-order valence-corrected chi connectivity index (χ4v) is 1.04. The third-order valence-electron chi connectivity index (χ3n) is 1.82. The number of halogens is 3. The summed E-state index contributed by atoms with van der Waals surface area (Å²) in [5.41, 5.74) is -0.885. The van der Waals surface area contributed by atoms with Crippen LogP contribution < -0.4 is 5.32 Å². The molecule has 1 rings (SSSR count). The zero-order chi connectivity index (χ0) is 10.8. The average Bonchev–Trinajstić information content (AvgIpc) is 2.42. The van der Waals surface area contributed by atoms with E-state index in [1.54, 1.807) is 0 Å². The summed E-state index contributed by atoms with van der Waals surface area (Å²) in [5.74, 6) is 0.235. The highest BCUT2D eigenvalue weighted by Crippen LogP contribution is 2.31. The Hall–Kier alpha value is -1.04. The fourth-order valence-electron chi connectivity index (χ4n) is 1.04. The highest BCUT2D eigenvalue weighted by molar-refractivity contribution is 5.23. The second kappa shape index (κ2) is 4.00. The van der Waals surface area contributed by atoms with Gasteiger partial charge in [-0.3, -0.25) is 0 Å². The Morgan fingerprint density at radius 3 is 2.50 bits per heavy atom. The van der Waals surface area contributed by atoms with Gasteiger partial charge in [0.2, 0.25) is 0 Å². The van der Waals surface area contributed by atoms with Gasteiger partial charge in [0, 0.05) is 5.56 Å². The van der Waals surface area contributed by atoms with Gasteiger partial charge in [-0.15, -0.1) is 0 Å². The minimum Gasteiger partial charge on any atom is -0.359 e. The van der Waals surface area contributed by atoms with Gasteiger partial charge < -0.3 is 9.84 Å². The first kappa shape index (κ1) is 11.0. The Morgan fingerprint density at radius 1 is 1.43 bits per heavy atom. The Bertz CT molecular complexity index is 306. The van der Waals surface area contributed by atoms with Gasteiger partial charge in [0.05, 0.1) is 6.54 Å². The molecule has 0 unspecified atom stereocenters. The third-order valence-corrected chi connectivity index (χ3v) is 1.82. The van der Waals surface area contributed by atoms with Gasteiger partial charge >= 0.3 is 6.18 Å². The van der Waals surface area contributed by atoms with Gasteiger partial charge in [-0.25, -0.2) is 0 Å². The van der Waals surface area contributed by atoms with Crippen LogP contribution in [0.15, 0.2) is 4.52 Å². The lowest BCUT2D eigenvalue weighted by atomic mass is 10.2. The van der Waals surface area contributed by atoms with E-state index in [2.05, 4.69) is 15.0 Å². The van der Waals surface area contributed by atoms with Crippen molar-refractivity contribution in [3.05, 3.63) is 17.0 Å². The molecule has 14 heavy (non-hydrogen) atoms. The molecule has 1 aromatic heterocycles. The molecular weight excluding hydrogens is 197 g/mol. The molecule has 1 N–H and O–H groups in total. The standard InChI is InChI=1S/C8H11F3N2O/c1-3-12-4-6-5(2)7(13-14-6)8(9,10)11/h12H,3-4H2,1-2H3. The van der Waals surface area contributed by atoms with E-state index in [0.717, 1.165) is 0 Å². The maximum Gasteiger partial charge on any atom is 0.437 e. The van der Waals surface area contributed by atoms with E-state index in [0.29, 0.717) is 6.54 Å². The zero-order valence-corrected chi connectivity index (χ0v) is 7.90. The summed E-state index contributed by atoms with van der Waals surface area (Å²) in [4.78, 5) is 0. The molecule has 80 valence electrons. The second-order valence-corrected chi connectivity index (χ2v) is 2.86. The molecule has 3 nitrogen and oxygen atoms in total. The van der Waals surface area contributed by atoms with E-state index < -0.39 is 11.9 Å². The van der Waals surface area contributed by atoms with Gasteiger partial charge in [0.25, 0.3) is 0 Å². The Labute approximate surface area is 79.3 Å². The normalized spacial score (nSPS) is 12.1. The van der Waals surface area contributed by atoms with Crippen LogP contribution in [0.2, 0.25) is 0 Å². The Balaban J connectivity index is 2.86. The molecule has 0 saturated carbocycles. The number of hydrogen-bond acceptors (Lipinski definition) is 3. The van der Waals surface area contributed by atoms with Gasteiger partial charge in [-0.1, -0.05) is 12.1 Å². The SMILES string of the molecule is CCNCc1onc(C(F)(F)F)c1C. The molecule has 0 fully saturated rings. The highest BCUT2D eigenvalue weighted by atomic mass is 19.4. The molecule has 0 amide bonds. The second-order valence-electron chi connectivity index (χ2n) is 2.86. The minimum atomic E-state index is -4.43. The molecule has 0 aliphatic carbocycles. The monoisotopic (exact) mass is 208 g/mol. The lowest BCUT2D eigenvalue weighted by Gasteiger charge is -2.02. The van der Waals surface area contributed by atoms with Crippen LogP contribution in [0.5, 0.6) is 0 Å². The van der Waals surface area contributed by atoms with Crippen molar-refractivity contribution in [2.75, 3.05) is 6.54 Å². The van der Waals surface area contributed by atoms with Crippen molar-refractivity contribution in [1.82, 2.24) is 10.5 Å². The summed E-state index contributed by atoms with van der Waals surface area (Å²) < 4.78 is 41.3. The molecule has 0 spiro atoms. The van der Waals surface area contributed by atoms with E-state index in [1.165, 1.54) is 6.92 Å². The van der Waals surface area contributed by atoms with Crippen molar-refractivity contribution in [2.45, 2.75) is 26.6 Å².